The molecular formula is C23H25ClN2O4. The van der Waals surface area contributed by atoms with Crippen LogP contribution in [0.15, 0.2) is 42.5 Å². The van der Waals surface area contributed by atoms with Gasteiger partial charge in [-0.1, -0.05) is 29.8 Å². The van der Waals surface area contributed by atoms with Gasteiger partial charge in [0.05, 0.1) is 0 Å². The molecule has 1 saturated heterocycles. The zero-order chi connectivity index (χ0) is 20.9. The molecule has 2 aliphatic heterocycles. The van der Waals surface area contributed by atoms with Crippen LogP contribution in [0.3, 0.4) is 0 Å². The van der Waals surface area contributed by atoms with Crippen molar-refractivity contribution in [3.8, 4) is 11.5 Å². The van der Waals surface area contributed by atoms with E-state index in [-0.39, 0.29) is 18.6 Å². The lowest BCUT2D eigenvalue weighted by Gasteiger charge is -2.33. The van der Waals surface area contributed by atoms with E-state index in [9.17, 15) is 9.59 Å². The fraction of sp³-hybridized carbons (Fsp3) is 0.391. The highest BCUT2D eigenvalue weighted by atomic mass is 35.5. The number of rotatable bonds is 6. The van der Waals surface area contributed by atoms with Crippen molar-refractivity contribution < 1.29 is 19.1 Å². The van der Waals surface area contributed by atoms with E-state index < -0.39 is 0 Å². The number of carbonyl (C=O) groups is 2. The normalized spacial score (nSPS) is 17.6. The van der Waals surface area contributed by atoms with Gasteiger partial charge in [0.1, 0.15) is 0 Å². The lowest BCUT2D eigenvalue weighted by Crippen LogP contribution is -2.40. The number of fused-ring (bicyclic) bond motifs is 1. The van der Waals surface area contributed by atoms with Crippen LogP contribution in [0.5, 0.6) is 11.5 Å². The van der Waals surface area contributed by atoms with Crippen LogP contribution in [0.25, 0.3) is 0 Å². The van der Waals surface area contributed by atoms with E-state index in [1.807, 2.05) is 29.2 Å². The predicted octanol–water partition coefficient (Wildman–Crippen LogP) is 4.02. The number of piperidine rings is 1. The molecule has 0 radical (unpaired) electrons. The van der Waals surface area contributed by atoms with Crippen molar-refractivity contribution in [3.05, 3.63) is 58.6 Å². The summed E-state index contributed by atoms with van der Waals surface area (Å²) in [6.07, 6.45) is 3.19. The molecule has 0 aromatic heterocycles. The highest BCUT2D eigenvalue weighted by molar-refractivity contribution is 6.31. The molecule has 0 unspecified atom stereocenters. The number of carbonyl (C=O) groups excluding carboxylic acids is 2. The Labute approximate surface area is 181 Å². The van der Waals surface area contributed by atoms with Crippen LogP contribution in [0, 0.1) is 5.92 Å². The quantitative estimate of drug-likeness (QED) is 0.754. The minimum absolute atomic E-state index is 0.00108. The molecule has 2 aromatic rings. The molecule has 30 heavy (non-hydrogen) atoms. The molecule has 2 aliphatic rings. The number of ether oxygens (including phenoxy) is 2. The molecular weight excluding hydrogens is 404 g/mol. The minimum atomic E-state index is 0.00108. The smallest absolute Gasteiger partial charge is 0.254 e. The van der Waals surface area contributed by atoms with Gasteiger partial charge in [-0.2, -0.15) is 0 Å². The van der Waals surface area contributed by atoms with E-state index in [1.165, 1.54) is 0 Å². The zero-order valence-electron chi connectivity index (χ0n) is 16.7. The molecule has 2 aromatic carbocycles. The van der Waals surface area contributed by atoms with Crippen LogP contribution < -0.4 is 14.8 Å². The van der Waals surface area contributed by atoms with Crippen LogP contribution in [-0.4, -0.2) is 36.6 Å². The summed E-state index contributed by atoms with van der Waals surface area (Å²) in [7, 11) is 0. The average Bonchev–Trinajstić information content (AvgIpc) is 3.25. The second-order valence-corrected chi connectivity index (χ2v) is 8.14. The molecule has 0 aliphatic carbocycles. The zero-order valence-corrected chi connectivity index (χ0v) is 17.5. The lowest BCUT2D eigenvalue weighted by atomic mass is 9.92. The summed E-state index contributed by atoms with van der Waals surface area (Å²) in [6, 6.07) is 12.8. The summed E-state index contributed by atoms with van der Waals surface area (Å²) in [6.45, 7) is 2.03. The van der Waals surface area contributed by atoms with Gasteiger partial charge in [-0.15, -0.1) is 0 Å². The Bertz CT molecular complexity index is 933. The molecule has 0 saturated carbocycles. The minimum Gasteiger partial charge on any atom is -0.454 e. The van der Waals surface area contributed by atoms with Crippen molar-refractivity contribution in [1.82, 2.24) is 10.2 Å². The summed E-state index contributed by atoms with van der Waals surface area (Å²) >= 11 is 6.13. The summed E-state index contributed by atoms with van der Waals surface area (Å²) in [5, 5.41) is 3.59. The van der Waals surface area contributed by atoms with Crippen molar-refractivity contribution in [3.63, 3.8) is 0 Å². The number of likely N-dealkylation sites (tertiary alicyclic amines) is 1. The number of amides is 2. The van der Waals surface area contributed by atoms with E-state index in [0.29, 0.717) is 47.5 Å². The maximum Gasteiger partial charge on any atom is 0.254 e. The van der Waals surface area contributed by atoms with Gasteiger partial charge < -0.3 is 19.7 Å². The molecule has 1 fully saturated rings. The van der Waals surface area contributed by atoms with E-state index in [0.717, 1.165) is 31.4 Å². The first kappa shape index (κ1) is 20.5. The van der Waals surface area contributed by atoms with Gasteiger partial charge in [-0.25, -0.2) is 0 Å². The number of benzene rings is 2. The number of nitrogens with zero attached hydrogens (tertiary/aromatic N) is 1. The van der Waals surface area contributed by atoms with Crippen LogP contribution in [0.1, 0.15) is 41.6 Å². The summed E-state index contributed by atoms with van der Waals surface area (Å²) in [5.41, 5.74) is 1.52. The van der Waals surface area contributed by atoms with Gasteiger partial charge >= 0.3 is 0 Å². The maximum atomic E-state index is 12.9. The second-order valence-electron chi connectivity index (χ2n) is 7.73. The first-order valence-corrected chi connectivity index (χ1v) is 10.7. The van der Waals surface area contributed by atoms with Crippen molar-refractivity contribution in [2.45, 2.75) is 32.2 Å². The third-order valence-electron chi connectivity index (χ3n) is 5.64. The first-order chi connectivity index (χ1) is 14.6. The molecule has 1 N–H and O–H groups in total. The monoisotopic (exact) mass is 428 g/mol. The highest BCUT2D eigenvalue weighted by Gasteiger charge is 2.26. The van der Waals surface area contributed by atoms with E-state index in [4.69, 9.17) is 21.1 Å². The van der Waals surface area contributed by atoms with Crippen LogP contribution in [-0.2, 0) is 11.3 Å². The lowest BCUT2D eigenvalue weighted by molar-refractivity contribution is -0.121. The second kappa shape index (κ2) is 9.39. The van der Waals surface area contributed by atoms with E-state index in [1.54, 1.807) is 18.2 Å². The number of hydrogen-bond acceptors (Lipinski definition) is 4. The van der Waals surface area contributed by atoms with Crippen LogP contribution in [0.4, 0.5) is 0 Å². The molecule has 2 amide bonds. The largest absolute Gasteiger partial charge is 0.454 e. The van der Waals surface area contributed by atoms with Gasteiger partial charge in [0.15, 0.2) is 11.5 Å². The van der Waals surface area contributed by atoms with Gasteiger partial charge in [0.25, 0.3) is 5.91 Å². The molecule has 7 heteroatoms. The number of halogens is 1. The molecule has 0 spiro atoms. The standard InChI is InChI=1S/C23H25ClN2O4/c24-19-6-2-1-5-18(19)13-25-22(27)10-7-16-4-3-11-26(14-16)23(28)17-8-9-20-21(12-17)30-15-29-20/h1-2,5-6,8-9,12,16H,3-4,7,10-11,13-15H2,(H,25,27)/t16-/m0/s1. The van der Waals surface area contributed by atoms with E-state index >= 15 is 0 Å². The van der Waals surface area contributed by atoms with Crippen molar-refractivity contribution in [2.75, 3.05) is 19.9 Å². The van der Waals surface area contributed by atoms with Crippen LogP contribution >= 0.6 is 11.6 Å². The van der Waals surface area contributed by atoms with Gasteiger partial charge in [-0.05, 0) is 55.0 Å². The Kier molecular flexibility index (Phi) is 6.43. The van der Waals surface area contributed by atoms with E-state index in [2.05, 4.69) is 5.32 Å². The highest BCUT2D eigenvalue weighted by Crippen LogP contribution is 2.33. The molecule has 4 rings (SSSR count). The summed E-state index contributed by atoms with van der Waals surface area (Å²) < 4.78 is 10.7. The topological polar surface area (TPSA) is 67.9 Å². The maximum absolute atomic E-state index is 12.9. The Hall–Kier alpha value is -2.73. The average molecular weight is 429 g/mol. The van der Waals surface area contributed by atoms with Gasteiger partial charge in [-0.3, -0.25) is 9.59 Å². The number of nitrogens with one attached hydrogen (secondary N) is 1. The predicted molar refractivity (Wildman–Crippen MR) is 114 cm³/mol. The summed E-state index contributed by atoms with van der Waals surface area (Å²) in [4.78, 5) is 27.0. The van der Waals surface area contributed by atoms with Crippen LogP contribution in [0.2, 0.25) is 5.02 Å². The SMILES string of the molecule is O=C(CC[C@@H]1CCCN(C(=O)c2ccc3c(c2)OCO3)C1)NCc1ccccc1Cl. The van der Waals surface area contributed by atoms with Crippen molar-refractivity contribution in [1.29, 1.82) is 0 Å². The summed E-state index contributed by atoms with van der Waals surface area (Å²) in [5.74, 6) is 1.62. The molecule has 0 bridgehead atoms. The fourth-order valence-corrected chi connectivity index (χ4v) is 4.16. The number of hydrogen-bond donors (Lipinski definition) is 1. The Morgan fingerprint density at radius 1 is 1.13 bits per heavy atom. The third-order valence-corrected chi connectivity index (χ3v) is 6.01. The van der Waals surface area contributed by atoms with Gasteiger partial charge in [0.2, 0.25) is 12.7 Å². The molecule has 6 nitrogen and oxygen atoms in total. The Morgan fingerprint density at radius 3 is 2.83 bits per heavy atom. The third kappa shape index (κ3) is 4.87. The molecule has 2 heterocycles. The molecule has 1 atom stereocenters. The van der Waals surface area contributed by atoms with Crippen molar-refractivity contribution >= 4 is 23.4 Å². The van der Waals surface area contributed by atoms with Crippen molar-refractivity contribution in [2.24, 2.45) is 5.92 Å². The fourth-order valence-electron chi connectivity index (χ4n) is 3.96. The Morgan fingerprint density at radius 2 is 1.97 bits per heavy atom. The van der Waals surface area contributed by atoms with Gasteiger partial charge in [0, 0.05) is 36.6 Å². The molecule has 158 valence electrons. The Balaban J connectivity index is 1.26. The first-order valence-electron chi connectivity index (χ1n) is 10.3.